The van der Waals surface area contributed by atoms with Gasteiger partial charge >= 0.3 is 6.03 Å². The van der Waals surface area contributed by atoms with Crippen molar-refractivity contribution in [2.24, 2.45) is 0 Å². The molecule has 2 N–H and O–H groups in total. The Labute approximate surface area is 170 Å². The van der Waals surface area contributed by atoms with E-state index in [1.54, 1.807) is 0 Å². The van der Waals surface area contributed by atoms with Gasteiger partial charge in [-0.05, 0) is 54.7 Å². The van der Waals surface area contributed by atoms with Crippen LogP contribution in [-0.2, 0) is 0 Å². The molecule has 0 bridgehead atoms. The predicted molar refractivity (Wildman–Crippen MR) is 114 cm³/mol. The summed E-state index contributed by atoms with van der Waals surface area (Å²) < 4.78 is 0. The van der Waals surface area contributed by atoms with Crippen LogP contribution < -0.4 is 5.32 Å². The monoisotopic (exact) mass is 396 g/mol. The average molecular weight is 397 g/mol. The molecule has 3 aromatic rings. The molecule has 146 valence electrons. The predicted octanol–water partition coefficient (Wildman–Crippen LogP) is 5.75. The maximum Gasteiger partial charge on any atom is 0.321 e. The number of piperidine rings is 1. The van der Waals surface area contributed by atoms with Crippen LogP contribution in [-0.4, -0.2) is 34.0 Å². The molecule has 0 spiro atoms. The van der Waals surface area contributed by atoms with Gasteiger partial charge < -0.3 is 15.2 Å². The van der Waals surface area contributed by atoms with Crippen LogP contribution in [0.2, 0.25) is 5.02 Å². The molecular weight excluding hydrogens is 372 g/mol. The number of fused-ring (bicyclic) bond motifs is 1. The van der Waals surface area contributed by atoms with Gasteiger partial charge in [-0.3, -0.25) is 0 Å². The molecule has 0 aliphatic carbocycles. The number of halogens is 1. The van der Waals surface area contributed by atoms with Gasteiger partial charge in [-0.25, -0.2) is 9.78 Å². The second-order valence-electron chi connectivity index (χ2n) is 7.75. The van der Waals surface area contributed by atoms with E-state index in [2.05, 4.69) is 36.3 Å². The van der Waals surface area contributed by atoms with Crippen molar-refractivity contribution < 1.29 is 4.79 Å². The van der Waals surface area contributed by atoms with Gasteiger partial charge in [-0.1, -0.05) is 37.6 Å². The minimum atomic E-state index is -0.0351. The fourth-order valence-corrected chi connectivity index (χ4v) is 3.88. The quantitative estimate of drug-likeness (QED) is 0.592. The third-order valence-corrected chi connectivity index (χ3v) is 5.69. The average Bonchev–Trinajstić information content (AvgIpc) is 3.11. The van der Waals surface area contributed by atoms with Crippen LogP contribution >= 0.6 is 11.6 Å². The van der Waals surface area contributed by atoms with E-state index in [1.807, 2.05) is 35.2 Å². The van der Waals surface area contributed by atoms with E-state index in [1.165, 1.54) is 5.56 Å². The molecule has 1 aromatic heterocycles. The Kier molecular flexibility index (Phi) is 5.27. The fourth-order valence-electron chi connectivity index (χ4n) is 3.70. The molecule has 0 saturated carbocycles. The molecule has 5 nitrogen and oxygen atoms in total. The second kappa shape index (κ2) is 7.84. The van der Waals surface area contributed by atoms with E-state index in [0.717, 1.165) is 48.5 Å². The summed E-state index contributed by atoms with van der Waals surface area (Å²) in [5, 5.41) is 3.71. The zero-order chi connectivity index (χ0) is 19.7. The van der Waals surface area contributed by atoms with Crippen molar-refractivity contribution >= 4 is 34.4 Å². The highest BCUT2D eigenvalue weighted by Gasteiger charge is 2.26. The van der Waals surface area contributed by atoms with Crippen molar-refractivity contribution in [2.45, 2.75) is 38.5 Å². The lowest BCUT2D eigenvalue weighted by Gasteiger charge is -2.31. The number of benzene rings is 2. The summed E-state index contributed by atoms with van der Waals surface area (Å²) in [6, 6.07) is 13.7. The minimum absolute atomic E-state index is 0.0351. The molecule has 0 unspecified atom stereocenters. The smallest absolute Gasteiger partial charge is 0.321 e. The number of carbonyl (C=O) groups excluding carboxylic acids is 1. The van der Waals surface area contributed by atoms with Crippen LogP contribution in [0.3, 0.4) is 0 Å². The van der Waals surface area contributed by atoms with E-state index in [0.29, 0.717) is 16.9 Å². The van der Waals surface area contributed by atoms with Crippen molar-refractivity contribution in [1.82, 2.24) is 14.9 Å². The lowest BCUT2D eigenvalue weighted by Crippen LogP contribution is -2.40. The molecule has 1 fully saturated rings. The number of H-pyrrole nitrogens is 1. The van der Waals surface area contributed by atoms with Crippen molar-refractivity contribution in [3.63, 3.8) is 0 Å². The maximum atomic E-state index is 12.6. The number of aromatic amines is 1. The van der Waals surface area contributed by atoms with Crippen LogP contribution in [0.15, 0.2) is 42.5 Å². The van der Waals surface area contributed by atoms with Crippen LogP contribution in [0.4, 0.5) is 10.5 Å². The Morgan fingerprint density at radius 3 is 2.57 bits per heavy atom. The normalized spacial score (nSPS) is 15.4. The number of hydrogen-bond donors (Lipinski definition) is 2. The summed E-state index contributed by atoms with van der Waals surface area (Å²) >= 11 is 6.06. The lowest BCUT2D eigenvalue weighted by molar-refractivity contribution is 0.193. The second-order valence-corrected chi connectivity index (χ2v) is 8.19. The number of imidazole rings is 1. The van der Waals surface area contributed by atoms with Crippen molar-refractivity contribution in [3.8, 4) is 0 Å². The molecule has 6 heteroatoms. The highest BCUT2D eigenvalue weighted by Crippen LogP contribution is 2.29. The summed E-state index contributed by atoms with van der Waals surface area (Å²) in [6.07, 6.45) is 1.79. The number of nitrogens with one attached hydrogen (secondary N) is 2. The summed E-state index contributed by atoms with van der Waals surface area (Å²) in [5.74, 6) is 1.81. The van der Waals surface area contributed by atoms with Gasteiger partial charge in [-0.15, -0.1) is 0 Å². The van der Waals surface area contributed by atoms with E-state index < -0.39 is 0 Å². The summed E-state index contributed by atoms with van der Waals surface area (Å²) in [5.41, 5.74) is 4.01. The molecule has 2 aromatic carbocycles. The highest BCUT2D eigenvalue weighted by molar-refractivity contribution is 6.31. The molecule has 4 rings (SSSR count). The molecular formula is C22H25ClN4O. The SMILES string of the molecule is CC(C)c1ccc(NC(=O)N2CCC(c3nc4ccc(Cl)cc4[nH]3)CC2)cc1. The molecule has 1 aliphatic rings. The van der Waals surface area contributed by atoms with Crippen LogP contribution in [0, 0.1) is 0 Å². The Bertz CT molecular complexity index is 972. The van der Waals surface area contributed by atoms with Crippen LogP contribution in [0.25, 0.3) is 11.0 Å². The first-order valence-electron chi connectivity index (χ1n) is 9.80. The third kappa shape index (κ3) is 3.99. The van der Waals surface area contributed by atoms with E-state index >= 15 is 0 Å². The number of carbonyl (C=O) groups is 1. The van der Waals surface area contributed by atoms with Gasteiger partial charge in [0.15, 0.2) is 0 Å². The Morgan fingerprint density at radius 1 is 1.18 bits per heavy atom. The van der Waals surface area contributed by atoms with Crippen LogP contribution in [0.1, 0.15) is 49.9 Å². The third-order valence-electron chi connectivity index (χ3n) is 5.46. The zero-order valence-electron chi connectivity index (χ0n) is 16.2. The molecule has 28 heavy (non-hydrogen) atoms. The van der Waals surface area contributed by atoms with E-state index in [-0.39, 0.29) is 6.03 Å². The minimum Gasteiger partial charge on any atom is -0.342 e. The Morgan fingerprint density at radius 2 is 1.89 bits per heavy atom. The van der Waals surface area contributed by atoms with Gasteiger partial charge in [0, 0.05) is 29.7 Å². The summed E-state index contributed by atoms with van der Waals surface area (Å²) in [7, 11) is 0. The lowest BCUT2D eigenvalue weighted by atomic mass is 9.96. The van der Waals surface area contributed by atoms with Gasteiger partial charge in [0.05, 0.1) is 11.0 Å². The zero-order valence-corrected chi connectivity index (χ0v) is 17.0. The van der Waals surface area contributed by atoms with Gasteiger partial charge in [0.25, 0.3) is 0 Å². The molecule has 0 atom stereocenters. The van der Waals surface area contributed by atoms with Crippen molar-refractivity contribution in [2.75, 3.05) is 18.4 Å². The number of nitrogens with zero attached hydrogens (tertiary/aromatic N) is 2. The van der Waals surface area contributed by atoms with Gasteiger partial charge in [-0.2, -0.15) is 0 Å². The molecule has 0 radical (unpaired) electrons. The maximum absolute atomic E-state index is 12.6. The summed E-state index contributed by atoms with van der Waals surface area (Å²) in [4.78, 5) is 22.6. The topological polar surface area (TPSA) is 61.0 Å². The number of anilines is 1. The molecule has 1 aliphatic heterocycles. The molecule has 1 saturated heterocycles. The van der Waals surface area contributed by atoms with E-state index in [9.17, 15) is 4.79 Å². The number of hydrogen-bond acceptors (Lipinski definition) is 2. The number of urea groups is 1. The van der Waals surface area contributed by atoms with Gasteiger partial charge in [0.2, 0.25) is 0 Å². The highest BCUT2D eigenvalue weighted by atomic mass is 35.5. The Hall–Kier alpha value is -2.53. The fraction of sp³-hybridized carbons (Fsp3) is 0.364. The standard InChI is InChI=1S/C22H25ClN4O/c1-14(2)15-3-6-18(7-4-15)24-22(28)27-11-9-16(10-12-27)21-25-19-8-5-17(23)13-20(19)26-21/h3-8,13-14,16H,9-12H2,1-2H3,(H,24,28)(H,25,26). The number of likely N-dealkylation sites (tertiary alicyclic amines) is 1. The number of amides is 2. The van der Waals surface area contributed by atoms with Crippen LogP contribution in [0.5, 0.6) is 0 Å². The Balaban J connectivity index is 1.35. The largest absolute Gasteiger partial charge is 0.342 e. The van der Waals surface area contributed by atoms with Crippen molar-refractivity contribution in [1.29, 1.82) is 0 Å². The number of rotatable bonds is 3. The summed E-state index contributed by atoms with van der Waals surface area (Å²) in [6.45, 7) is 5.76. The first kappa shape index (κ1) is 18.8. The first-order valence-corrected chi connectivity index (χ1v) is 10.2. The van der Waals surface area contributed by atoms with Gasteiger partial charge in [0.1, 0.15) is 5.82 Å². The first-order chi connectivity index (χ1) is 13.5. The molecule has 2 amide bonds. The van der Waals surface area contributed by atoms with Crippen molar-refractivity contribution in [3.05, 3.63) is 58.9 Å². The molecule has 2 heterocycles. The van der Waals surface area contributed by atoms with E-state index in [4.69, 9.17) is 16.6 Å². The number of aromatic nitrogens is 2.